The summed E-state index contributed by atoms with van der Waals surface area (Å²) in [5, 5.41) is 13.1. The maximum Gasteiger partial charge on any atom is 0.412 e. The molecule has 9 nitrogen and oxygen atoms in total. The number of carbonyl (C=O) groups excluding carboxylic acids is 2. The van der Waals surface area contributed by atoms with Crippen molar-refractivity contribution >= 4 is 23.5 Å². The lowest BCUT2D eigenvalue weighted by molar-refractivity contribution is -0.114. The molecule has 0 fully saturated rings. The predicted molar refractivity (Wildman–Crippen MR) is 96.0 cm³/mol. The third kappa shape index (κ3) is 5.40. The van der Waals surface area contributed by atoms with Gasteiger partial charge in [0.05, 0.1) is 19.0 Å². The Labute approximate surface area is 151 Å². The quantitative estimate of drug-likeness (QED) is 0.862. The van der Waals surface area contributed by atoms with Crippen molar-refractivity contribution in [2.24, 2.45) is 0 Å². The van der Waals surface area contributed by atoms with Gasteiger partial charge in [-0.05, 0) is 20.8 Å². The van der Waals surface area contributed by atoms with Crippen LogP contribution in [0.25, 0.3) is 11.3 Å². The number of hydrogen-bond donors (Lipinski definition) is 2. The second-order valence-corrected chi connectivity index (χ2v) is 6.40. The molecule has 2 heterocycles. The molecule has 0 aliphatic rings. The molecular weight excluding hydrogens is 338 g/mol. The zero-order valence-electron chi connectivity index (χ0n) is 15.3. The van der Waals surface area contributed by atoms with Crippen LogP contribution in [0.3, 0.4) is 0 Å². The predicted octanol–water partition coefficient (Wildman–Crippen LogP) is 2.85. The molecule has 0 aliphatic heterocycles. The van der Waals surface area contributed by atoms with Crippen LogP contribution in [0.2, 0.25) is 0 Å². The van der Waals surface area contributed by atoms with Gasteiger partial charge in [-0.3, -0.25) is 10.1 Å². The van der Waals surface area contributed by atoms with Crippen molar-refractivity contribution in [2.45, 2.75) is 33.3 Å². The SMILES string of the molecule is COc1cnnc(-c2cnc(NC(C)=O)cc2NC(=O)OC(C)(C)C)c1. The van der Waals surface area contributed by atoms with Gasteiger partial charge < -0.3 is 14.8 Å². The van der Waals surface area contributed by atoms with Crippen LogP contribution in [0, 0.1) is 0 Å². The number of anilines is 2. The second-order valence-electron chi connectivity index (χ2n) is 6.40. The largest absolute Gasteiger partial charge is 0.495 e. The number of ether oxygens (including phenoxy) is 2. The Bertz CT molecular complexity index is 817. The number of carbonyl (C=O) groups is 2. The van der Waals surface area contributed by atoms with Gasteiger partial charge in [0.2, 0.25) is 5.91 Å². The van der Waals surface area contributed by atoms with E-state index in [2.05, 4.69) is 25.8 Å². The fourth-order valence-electron chi connectivity index (χ4n) is 2.02. The third-order valence-electron chi connectivity index (χ3n) is 2.98. The first kappa shape index (κ1) is 19.1. The van der Waals surface area contributed by atoms with Gasteiger partial charge in [-0.1, -0.05) is 0 Å². The zero-order valence-corrected chi connectivity index (χ0v) is 15.3. The molecule has 0 spiro atoms. The number of aromatic nitrogens is 3. The van der Waals surface area contributed by atoms with E-state index in [-0.39, 0.29) is 11.7 Å². The summed E-state index contributed by atoms with van der Waals surface area (Å²) in [6.45, 7) is 6.65. The maximum absolute atomic E-state index is 12.2. The molecule has 0 aliphatic carbocycles. The molecule has 0 aromatic carbocycles. The summed E-state index contributed by atoms with van der Waals surface area (Å²) in [6, 6.07) is 3.17. The first-order chi connectivity index (χ1) is 12.2. The minimum Gasteiger partial charge on any atom is -0.495 e. The van der Waals surface area contributed by atoms with Crippen molar-refractivity contribution in [1.82, 2.24) is 15.2 Å². The number of amides is 2. The molecule has 2 amide bonds. The summed E-state index contributed by atoms with van der Waals surface area (Å²) in [5.74, 6) is 0.502. The summed E-state index contributed by atoms with van der Waals surface area (Å²) in [7, 11) is 1.51. The van der Waals surface area contributed by atoms with E-state index in [1.54, 1.807) is 26.8 Å². The van der Waals surface area contributed by atoms with Crippen molar-refractivity contribution in [3.63, 3.8) is 0 Å². The minimum absolute atomic E-state index is 0.281. The lowest BCUT2D eigenvalue weighted by Gasteiger charge is -2.20. The van der Waals surface area contributed by atoms with Crippen molar-refractivity contribution in [3.8, 4) is 17.0 Å². The summed E-state index contributed by atoms with van der Waals surface area (Å²) in [5.41, 5.74) is 0.641. The smallest absolute Gasteiger partial charge is 0.412 e. The highest BCUT2D eigenvalue weighted by atomic mass is 16.6. The molecule has 0 radical (unpaired) electrons. The van der Waals surface area contributed by atoms with E-state index in [0.717, 1.165) is 0 Å². The molecule has 2 rings (SSSR count). The van der Waals surface area contributed by atoms with Gasteiger partial charge in [-0.2, -0.15) is 10.2 Å². The lowest BCUT2D eigenvalue weighted by atomic mass is 10.1. The van der Waals surface area contributed by atoms with Crippen molar-refractivity contribution in [3.05, 3.63) is 24.5 Å². The molecule has 0 bridgehead atoms. The fraction of sp³-hybridized carbons (Fsp3) is 0.353. The van der Waals surface area contributed by atoms with Gasteiger partial charge >= 0.3 is 6.09 Å². The molecule has 2 aromatic heterocycles. The summed E-state index contributed by atoms with van der Waals surface area (Å²) in [6.07, 6.45) is 2.29. The Kier molecular flexibility index (Phi) is 5.71. The molecule has 0 saturated carbocycles. The van der Waals surface area contributed by atoms with Crippen LogP contribution in [0.5, 0.6) is 5.75 Å². The summed E-state index contributed by atoms with van der Waals surface area (Å²) >= 11 is 0. The van der Waals surface area contributed by atoms with Crippen molar-refractivity contribution in [1.29, 1.82) is 0 Å². The van der Waals surface area contributed by atoms with Gasteiger partial charge in [-0.25, -0.2) is 9.78 Å². The second kappa shape index (κ2) is 7.77. The molecule has 2 N–H and O–H groups in total. The van der Waals surface area contributed by atoms with Crippen LogP contribution in [0.1, 0.15) is 27.7 Å². The Morgan fingerprint density at radius 2 is 1.85 bits per heavy atom. The molecule has 0 saturated heterocycles. The van der Waals surface area contributed by atoms with Crippen LogP contribution < -0.4 is 15.4 Å². The molecular formula is C17H21N5O4. The highest BCUT2D eigenvalue weighted by Crippen LogP contribution is 2.29. The minimum atomic E-state index is -0.659. The molecule has 2 aromatic rings. The molecule has 26 heavy (non-hydrogen) atoms. The summed E-state index contributed by atoms with van der Waals surface area (Å²) in [4.78, 5) is 27.6. The van der Waals surface area contributed by atoms with Crippen LogP contribution in [-0.2, 0) is 9.53 Å². The average Bonchev–Trinajstić information content (AvgIpc) is 2.52. The molecule has 138 valence electrons. The van der Waals surface area contributed by atoms with E-state index in [9.17, 15) is 9.59 Å². The van der Waals surface area contributed by atoms with Crippen LogP contribution >= 0.6 is 0 Å². The van der Waals surface area contributed by atoms with Gasteiger partial charge in [0.25, 0.3) is 0 Å². The number of nitrogens with one attached hydrogen (secondary N) is 2. The molecule has 9 heteroatoms. The number of rotatable bonds is 4. The van der Waals surface area contributed by atoms with Gasteiger partial charge in [0.1, 0.15) is 22.9 Å². The van der Waals surface area contributed by atoms with Gasteiger partial charge in [-0.15, -0.1) is 0 Å². The van der Waals surface area contributed by atoms with E-state index >= 15 is 0 Å². The van der Waals surface area contributed by atoms with E-state index in [1.807, 2.05) is 0 Å². The van der Waals surface area contributed by atoms with Crippen LogP contribution in [0.15, 0.2) is 24.5 Å². The topological polar surface area (TPSA) is 115 Å². The number of hydrogen-bond acceptors (Lipinski definition) is 7. The Morgan fingerprint density at radius 1 is 1.12 bits per heavy atom. The van der Waals surface area contributed by atoms with E-state index in [1.165, 1.54) is 32.5 Å². The normalized spacial score (nSPS) is 10.8. The lowest BCUT2D eigenvalue weighted by Crippen LogP contribution is -2.27. The Balaban J connectivity index is 2.42. The van der Waals surface area contributed by atoms with Crippen LogP contribution in [-0.4, -0.2) is 39.9 Å². The van der Waals surface area contributed by atoms with Gasteiger partial charge in [0, 0.05) is 30.8 Å². The van der Waals surface area contributed by atoms with Gasteiger partial charge in [0.15, 0.2) is 0 Å². The number of methoxy groups -OCH3 is 1. The standard InChI is InChI=1S/C17H21N5O4/c1-10(23)20-15-7-13(21-16(24)26-17(2,3)4)12(9-18-15)14-6-11(25-5)8-19-22-14/h6-9H,1-5H3,(H2,18,20,21,23,24). The first-order valence-corrected chi connectivity index (χ1v) is 7.82. The number of pyridine rings is 1. The van der Waals surface area contributed by atoms with E-state index in [0.29, 0.717) is 22.7 Å². The average molecular weight is 359 g/mol. The first-order valence-electron chi connectivity index (χ1n) is 7.82. The zero-order chi connectivity index (χ0) is 19.3. The monoisotopic (exact) mass is 359 g/mol. The van der Waals surface area contributed by atoms with Crippen molar-refractivity contribution < 1.29 is 19.1 Å². The highest BCUT2D eigenvalue weighted by Gasteiger charge is 2.19. The molecule has 0 unspecified atom stereocenters. The Morgan fingerprint density at radius 3 is 2.46 bits per heavy atom. The van der Waals surface area contributed by atoms with E-state index < -0.39 is 11.7 Å². The third-order valence-corrected chi connectivity index (χ3v) is 2.98. The summed E-state index contributed by atoms with van der Waals surface area (Å²) < 4.78 is 10.4. The Hall–Kier alpha value is -3.23. The fourth-order valence-corrected chi connectivity index (χ4v) is 2.02. The van der Waals surface area contributed by atoms with Crippen molar-refractivity contribution in [2.75, 3.05) is 17.7 Å². The van der Waals surface area contributed by atoms with Crippen LogP contribution in [0.4, 0.5) is 16.3 Å². The highest BCUT2D eigenvalue weighted by molar-refractivity contribution is 5.94. The van der Waals surface area contributed by atoms with E-state index in [4.69, 9.17) is 9.47 Å². The molecule has 0 atom stereocenters. The number of nitrogens with zero attached hydrogens (tertiary/aromatic N) is 3. The maximum atomic E-state index is 12.2.